The Kier molecular flexibility index (Phi) is 67.2. The summed E-state index contributed by atoms with van der Waals surface area (Å²) in [5, 5.41) is 0. The van der Waals surface area contributed by atoms with Crippen LogP contribution in [0.25, 0.3) is 0 Å². The van der Waals surface area contributed by atoms with Crippen LogP contribution in [-0.2, 0) is 32.7 Å². The number of carbonyl (C=O) groups is 2. The number of esters is 2. The Hall–Kier alpha value is -1.77. The second-order valence-corrected chi connectivity index (χ2v) is 28.9. The Morgan fingerprint density at radius 1 is 0.356 bits per heavy atom. The lowest BCUT2D eigenvalue weighted by Crippen LogP contribution is -2.37. The van der Waals surface area contributed by atoms with E-state index < -0.39 is 26.5 Å². The molecular weight excluding hydrogens is 1100 g/mol. The van der Waals surface area contributed by atoms with Gasteiger partial charge in [-0.05, 0) is 51.4 Å². The zero-order valence-electron chi connectivity index (χ0n) is 58.8. The number of phosphoric ester groups is 1. The molecule has 0 spiro atoms. The van der Waals surface area contributed by atoms with Gasteiger partial charge in [-0.15, -0.1) is 0 Å². The van der Waals surface area contributed by atoms with Crippen molar-refractivity contribution in [3.63, 3.8) is 0 Å². The first-order valence-corrected chi connectivity index (χ1v) is 39.7. The number of hydrogen-bond donors (Lipinski definition) is 1. The molecule has 0 aromatic heterocycles. The van der Waals surface area contributed by atoms with Gasteiger partial charge in [0, 0.05) is 12.8 Å². The molecule has 0 aliphatic heterocycles. The number of likely N-dealkylation sites (N-methyl/N-ethyl adjacent to an activating group) is 1. The van der Waals surface area contributed by atoms with E-state index in [-0.39, 0.29) is 25.6 Å². The lowest BCUT2D eigenvalue weighted by molar-refractivity contribution is -0.870. The third kappa shape index (κ3) is 73.2. The van der Waals surface area contributed by atoms with E-state index in [4.69, 9.17) is 18.5 Å². The Morgan fingerprint density at radius 3 is 0.920 bits per heavy atom. The summed E-state index contributed by atoms with van der Waals surface area (Å²) in [4.78, 5) is 35.9. The number of allylic oxidation sites excluding steroid dienone is 6. The maximum atomic E-state index is 12.9. The van der Waals surface area contributed by atoms with Crippen molar-refractivity contribution in [2.45, 2.75) is 399 Å². The van der Waals surface area contributed by atoms with E-state index in [1.807, 2.05) is 21.1 Å². The molecule has 0 saturated carbocycles. The molecule has 0 saturated heterocycles. The highest BCUT2D eigenvalue weighted by molar-refractivity contribution is 7.47. The fourth-order valence-corrected chi connectivity index (χ4v) is 12.3. The summed E-state index contributed by atoms with van der Waals surface area (Å²) in [5.41, 5.74) is 0. The fraction of sp³-hybridized carbons (Fsp3) is 0.896. The largest absolute Gasteiger partial charge is 0.472 e. The minimum atomic E-state index is -4.39. The fourth-order valence-electron chi connectivity index (χ4n) is 11.6. The van der Waals surface area contributed by atoms with Crippen LogP contribution in [0.4, 0.5) is 0 Å². The molecule has 87 heavy (non-hydrogen) atoms. The highest BCUT2D eigenvalue weighted by Gasteiger charge is 2.27. The van der Waals surface area contributed by atoms with Crippen molar-refractivity contribution < 1.29 is 42.1 Å². The van der Waals surface area contributed by atoms with E-state index >= 15 is 0 Å². The molecule has 0 aliphatic rings. The zero-order valence-corrected chi connectivity index (χ0v) is 59.7. The molecule has 514 valence electrons. The maximum absolute atomic E-state index is 12.9. The van der Waals surface area contributed by atoms with E-state index in [2.05, 4.69) is 50.3 Å². The Bertz CT molecular complexity index is 1560. The standard InChI is InChI=1S/C77H148NO8P/c1-6-8-10-12-14-16-18-20-22-24-26-28-30-32-33-34-35-36-37-38-39-40-41-42-43-44-46-47-49-51-53-55-57-59-61-63-65-67-69-76(79)83-73-75(74-85-87(81,82)84-72-71-78(3,4)5)86-77(80)70-68-66-64-62-60-58-56-54-52-50-48-45-31-29-27-25-23-21-19-17-15-13-11-9-7-2/h19,21,25,27,31,45,75H,6-18,20,22-24,26,28-30,32-44,46-74H2,1-5H3/p+1/b21-19-,27-25-,45-31-. The molecule has 0 radical (unpaired) electrons. The minimum Gasteiger partial charge on any atom is -0.462 e. The summed E-state index contributed by atoms with van der Waals surface area (Å²) in [7, 11) is 1.49. The quantitative estimate of drug-likeness (QED) is 0.0211. The van der Waals surface area contributed by atoms with Crippen LogP contribution in [0.2, 0.25) is 0 Å². The summed E-state index contributed by atoms with van der Waals surface area (Å²) in [5.74, 6) is -0.782. The van der Waals surface area contributed by atoms with Crippen LogP contribution in [0.5, 0.6) is 0 Å². The second kappa shape index (κ2) is 68.6. The first-order chi connectivity index (χ1) is 42.5. The summed E-state index contributed by atoms with van der Waals surface area (Å²) in [6, 6.07) is 0. The predicted octanol–water partition coefficient (Wildman–Crippen LogP) is 25.0. The highest BCUT2D eigenvalue weighted by Crippen LogP contribution is 2.43. The molecule has 9 nitrogen and oxygen atoms in total. The normalized spacial score (nSPS) is 13.2. The molecule has 0 bridgehead atoms. The third-order valence-corrected chi connectivity index (χ3v) is 18.4. The van der Waals surface area contributed by atoms with Crippen molar-refractivity contribution in [2.75, 3.05) is 47.5 Å². The maximum Gasteiger partial charge on any atom is 0.472 e. The predicted molar refractivity (Wildman–Crippen MR) is 377 cm³/mol. The number of ether oxygens (including phenoxy) is 2. The number of unbranched alkanes of at least 4 members (excludes halogenated alkanes) is 52. The van der Waals surface area contributed by atoms with E-state index in [0.717, 1.165) is 51.4 Å². The van der Waals surface area contributed by atoms with Crippen molar-refractivity contribution in [1.29, 1.82) is 0 Å². The SMILES string of the molecule is CCCCCCC/C=C\C/C=C\C/C=C\CCCCCCCCCCCCC(=O)OC(COC(=O)CCCCCCCCCCCCCCCCCCCCCCCCCCCCCCCCCCCCCCCC)COP(=O)(O)OCC[N+](C)(C)C. The van der Waals surface area contributed by atoms with Crippen LogP contribution >= 0.6 is 7.82 Å². The van der Waals surface area contributed by atoms with Gasteiger partial charge in [0.25, 0.3) is 0 Å². The molecule has 0 aromatic carbocycles. The first-order valence-electron chi connectivity index (χ1n) is 38.2. The van der Waals surface area contributed by atoms with Gasteiger partial charge in [-0.1, -0.05) is 365 Å². The van der Waals surface area contributed by atoms with Crippen molar-refractivity contribution in [3.8, 4) is 0 Å². The number of hydrogen-bond acceptors (Lipinski definition) is 7. The second-order valence-electron chi connectivity index (χ2n) is 27.4. The average molecular weight is 1250 g/mol. The first kappa shape index (κ1) is 85.2. The topological polar surface area (TPSA) is 108 Å². The van der Waals surface area contributed by atoms with Crippen LogP contribution in [0.3, 0.4) is 0 Å². The molecule has 0 rings (SSSR count). The summed E-state index contributed by atoms with van der Waals surface area (Å²) in [6.07, 6.45) is 88.6. The van der Waals surface area contributed by atoms with Gasteiger partial charge < -0.3 is 18.9 Å². The van der Waals surface area contributed by atoms with Crippen LogP contribution in [0.15, 0.2) is 36.5 Å². The molecular formula is C77H149NO8P+. The molecule has 0 aromatic rings. The molecule has 0 amide bonds. The van der Waals surface area contributed by atoms with Gasteiger partial charge in [0.05, 0.1) is 27.7 Å². The van der Waals surface area contributed by atoms with Crippen LogP contribution in [0.1, 0.15) is 393 Å². The van der Waals surface area contributed by atoms with Crippen molar-refractivity contribution in [1.82, 2.24) is 0 Å². The smallest absolute Gasteiger partial charge is 0.462 e. The van der Waals surface area contributed by atoms with Crippen molar-refractivity contribution in [2.24, 2.45) is 0 Å². The van der Waals surface area contributed by atoms with Crippen LogP contribution in [-0.4, -0.2) is 74.9 Å². The number of rotatable bonds is 72. The minimum absolute atomic E-state index is 0.0326. The van der Waals surface area contributed by atoms with Crippen LogP contribution < -0.4 is 0 Å². The van der Waals surface area contributed by atoms with Gasteiger partial charge in [-0.2, -0.15) is 0 Å². The lowest BCUT2D eigenvalue weighted by atomic mass is 10.0. The van der Waals surface area contributed by atoms with Crippen molar-refractivity contribution in [3.05, 3.63) is 36.5 Å². The van der Waals surface area contributed by atoms with Gasteiger partial charge in [0.2, 0.25) is 0 Å². The van der Waals surface area contributed by atoms with Gasteiger partial charge in [-0.3, -0.25) is 18.6 Å². The highest BCUT2D eigenvalue weighted by atomic mass is 31.2. The molecule has 2 unspecified atom stereocenters. The molecule has 0 fully saturated rings. The molecule has 0 heterocycles. The summed E-state index contributed by atoms with van der Waals surface area (Å²) >= 11 is 0. The third-order valence-electron chi connectivity index (χ3n) is 17.4. The van der Waals surface area contributed by atoms with Gasteiger partial charge in [-0.25, -0.2) is 4.57 Å². The molecule has 0 aliphatic carbocycles. The lowest BCUT2D eigenvalue weighted by Gasteiger charge is -2.24. The number of quaternary nitrogens is 1. The Labute approximate surface area is 541 Å². The van der Waals surface area contributed by atoms with Gasteiger partial charge in [0.1, 0.15) is 19.8 Å². The Morgan fingerprint density at radius 2 is 0.621 bits per heavy atom. The zero-order chi connectivity index (χ0) is 63.4. The molecule has 1 N–H and O–H groups in total. The van der Waals surface area contributed by atoms with E-state index in [0.29, 0.717) is 23.9 Å². The van der Waals surface area contributed by atoms with Gasteiger partial charge in [0.15, 0.2) is 6.10 Å². The summed E-state index contributed by atoms with van der Waals surface area (Å²) < 4.78 is 34.8. The van der Waals surface area contributed by atoms with E-state index in [1.165, 1.54) is 308 Å². The molecule has 2 atom stereocenters. The number of carbonyl (C=O) groups excluding carboxylic acids is 2. The number of phosphoric acid groups is 1. The van der Waals surface area contributed by atoms with Crippen molar-refractivity contribution >= 4 is 19.8 Å². The summed E-state index contributed by atoms with van der Waals surface area (Å²) in [6.45, 7) is 4.49. The monoisotopic (exact) mass is 1250 g/mol. The van der Waals surface area contributed by atoms with Gasteiger partial charge >= 0.3 is 19.8 Å². The van der Waals surface area contributed by atoms with E-state index in [9.17, 15) is 19.0 Å². The average Bonchev–Trinajstić information content (AvgIpc) is 3.49. The number of nitrogens with zero attached hydrogens (tertiary/aromatic N) is 1. The van der Waals surface area contributed by atoms with Crippen LogP contribution in [0, 0.1) is 0 Å². The van der Waals surface area contributed by atoms with E-state index in [1.54, 1.807) is 0 Å². The molecule has 10 heteroatoms. The Balaban J connectivity index is 3.91.